The van der Waals surface area contributed by atoms with Crippen LogP contribution < -0.4 is 10.6 Å². The number of pyridine rings is 1. The minimum atomic E-state index is -4.60. The quantitative estimate of drug-likeness (QED) is 0.364. The first-order chi connectivity index (χ1) is 19.0. The van der Waals surface area contributed by atoms with E-state index in [1.54, 1.807) is 49.7 Å². The van der Waals surface area contributed by atoms with Crippen LogP contribution in [0.4, 0.5) is 24.5 Å². The summed E-state index contributed by atoms with van der Waals surface area (Å²) in [6, 6.07) is 12.5. The van der Waals surface area contributed by atoms with E-state index in [1.807, 2.05) is 25.1 Å². The Morgan fingerprint density at radius 3 is 2.60 bits per heavy atom. The number of amides is 2. The van der Waals surface area contributed by atoms with Gasteiger partial charge in [-0.15, -0.1) is 0 Å². The maximum absolute atomic E-state index is 14.0. The average Bonchev–Trinajstić information content (AvgIpc) is 3.38. The van der Waals surface area contributed by atoms with Gasteiger partial charge in [0.15, 0.2) is 0 Å². The molecule has 3 aromatic rings. The number of carbonyl (C=O) groups is 2. The molecule has 40 heavy (non-hydrogen) atoms. The number of aryl methyl sites for hydroxylation is 1. The fraction of sp³-hybridized carbons (Fsp3) is 0.300. The maximum atomic E-state index is 14.0. The molecule has 210 valence electrons. The average molecular weight is 552 g/mol. The highest BCUT2D eigenvalue weighted by Gasteiger charge is 2.35. The second-order valence-electron chi connectivity index (χ2n) is 10.1. The Hall–Kier alpha value is -4.02. The van der Waals surface area contributed by atoms with Crippen molar-refractivity contribution in [3.63, 3.8) is 0 Å². The standard InChI is InChI=1S/C30H32F3N5O2/c1-20-6-10-24(16-27(20)36-28(39)11-7-21-5-4-13-34-17-21)35-29(40)22-8-9-23(26(15-22)30(31,32)33)18-38-14-12-25(19-38)37(2)3/h4-11,13,15-17,25H,12,14,18-19H2,1-3H3,(H,35,40)(H,36,39)/b11-7+/t25-/m1/s1. The number of hydrogen-bond donors (Lipinski definition) is 2. The smallest absolute Gasteiger partial charge is 0.322 e. The summed E-state index contributed by atoms with van der Waals surface area (Å²) in [5.74, 6) is -1.06. The Balaban J connectivity index is 1.46. The van der Waals surface area contributed by atoms with Crippen LogP contribution in [0.2, 0.25) is 0 Å². The Kier molecular flexibility index (Phi) is 9.01. The lowest BCUT2D eigenvalue weighted by molar-refractivity contribution is -0.138. The second kappa shape index (κ2) is 12.4. The van der Waals surface area contributed by atoms with E-state index in [9.17, 15) is 22.8 Å². The zero-order valence-electron chi connectivity index (χ0n) is 22.6. The van der Waals surface area contributed by atoms with Gasteiger partial charge < -0.3 is 15.5 Å². The third-order valence-corrected chi connectivity index (χ3v) is 6.91. The SMILES string of the molecule is Cc1ccc(NC(=O)c2ccc(CN3CC[C@@H](N(C)C)C3)c(C(F)(F)F)c2)cc1NC(=O)/C=C/c1cccnc1. The van der Waals surface area contributed by atoms with Crippen LogP contribution in [-0.4, -0.2) is 59.8 Å². The summed E-state index contributed by atoms with van der Waals surface area (Å²) in [7, 11) is 3.93. The molecule has 0 saturated carbocycles. The van der Waals surface area contributed by atoms with Gasteiger partial charge in [-0.3, -0.25) is 19.5 Å². The third-order valence-electron chi connectivity index (χ3n) is 6.91. The van der Waals surface area contributed by atoms with Crippen LogP contribution in [0.5, 0.6) is 0 Å². The lowest BCUT2D eigenvalue weighted by Crippen LogP contribution is -2.31. The molecule has 0 unspecified atom stereocenters. The van der Waals surface area contributed by atoms with E-state index in [2.05, 4.69) is 20.5 Å². The van der Waals surface area contributed by atoms with Crippen LogP contribution in [0.15, 0.2) is 67.0 Å². The number of likely N-dealkylation sites (tertiary alicyclic amines) is 1. The van der Waals surface area contributed by atoms with Crippen molar-refractivity contribution in [2.45, 2.75) is 32.1 Å². The van der Waals surface area contributed by atoms with Gasteiger partial charge >= 0.3 is 6.18 Å². The molecule has 10 heteroatoms. The molecular weight excluding hydrogens is 519 g/mol. The molecule has 1 fully saturated rings. The molecule has 0 aliphatic carbocycles. The molecule has 2 amide bonds. The van der Waals surface area contributed by atoms with Crippen LogP contribution >= 0.6 is 0 Å². The number of hydrogen-bond acceptors (Lipinski definition) is 5. The zero-order valence-corrected chi connectivity index (χ0v) is 22.6. The molecule has 1 aliphatic rings. The van der Waals surface area contributed by atoms with Gasteiger partial charge in [0.1, 0.15) is 0 Å². The van der Waals surface area contributed by atoms with Crippen molar-refractivity contribution in [1.29, 1.82) is 0 Å². The van der Waals surface area contributed by atoms with Crippen LogP contribution in [0.25, 0.3) is 6.08 Å². The van der Waals surface area contributed by atoms with Crippen LogP contribution in [0.1, 0.15) is 39.0 Å². The minimum absolute atomic E-state index is 0.103. The van der Waals surface area contributed by atoms with Gasteiger partial charge in [0.05, 0.1) is 5.56 Å². The van der Waals surface area contributed by atoms with Gasteiger partial charge in [-0.1, -0.05) is 18.2 Å². The number of nitrogens with one attached hydrogen (secondary N) is 2. The lowest BCUT2D eigenvalue weighted by atomic mass is 10.0. The number of alkyl halides is 3. The van der Waals surface area contributed by atoms with Crippen molar-refractivity contribution >= 4 is 29.3 Å². The van der Waals surface area contributed by atoms with Crippen molar-refractivity contribution in [1.82, 2.24) is 14.8 Å². The van der Waals surface area contributed by atoms with Crippen LogP contribution in [0.3, 0.4) is 0 Å². The lowest BCUT2D eigenvalue weighted by Gasteiger charge is -2.22. The van der Waals surface area contributed by atoms with E-state index in [0.717, 1.165) is 23.6 Å². The van der Waals surface area contributed by atoms with E-state index in [4.69, 9.17) is 0 Å². The van der Waals surface area contributed by atoms with Crippen LogP contribution in [0, 0.1) is 6.92 Å². The Morgan fingerprint density at radius 1 is 1.12 bits per heavy atom. The summed E-state index contributed by atoms with van der Waals surface area (Å²) >= 11 is 0. The molecule has 1 aromatic heterocycles. The summed E-state index contributed by atoms with van der Waals surface area (Å²) < 4.78 is 41.9. The van der Waals surface area contributed by atoms with Gasteiger partial charge in [-0.25, -0.2) is 0 Å². The first-order valence-electron chi connectivity index (χ1n) is 12.9. The maximum Gasteiger partial charge on any atom is 0.416 e. The van der Waals surface area contributed by atoms with Crippen molar-refractivity contribution in [2.24, 2.45) is 0 Å². The molecular formula is C30H32F3N5O2. The number of rotatable bonds is 8. The number of carbonyl (C=O) groups excluding carboxylic acids is 2. The molecule has 0 radical (unpaired) electrons. The summed E-state index contributed by atoms with van der Waals surface area (Å²) in [6.45, 7) is 3.37. The highest BCUT2D eigenvalue weighted by atomic mass is 19.4. The normalized spacial score (nSPS) is 16.0. The molecule has 1 saturated heterocycles. The topological polar surface area (TPSA) is 77.6 Å². The highest BCUT2D eigenvalue weighted by molar-refractivity contribution is 6.06. The molecule has 0 spiro atoms. The van der Waals surface area contributed by atoms with Crippen molar-refractivity contribution in [2.75, 3.05) is 37.8 Å². The van der Waals surface area contributed by atoms with E-state index in [1.165, 1.54) is 18.2 Å². The fourth-order valence-corrected chi connectivity index (χ4v) is 4.60. The summed E-state index contributed by atoms with van der Waals surface area (Å²) in [4.78, 5) is 33.4. The van der Waals surface area contributed by atoms with E-state index in [-0.39, 0.29) is 23.6 Å². The second-order valence-corrected chi connectivity index (χ2v) is 10.1. The summed E-state index contributed by atoms with van der Waals surface area (Å²) in [6.07, 6.45) is 2.54. The fourth-order valence-electron chi connectivity index (χ4n) is 4.60. The Morgan fingerprint density at radius 2 is 1.93 bits per heavy atom. The summed E-state index contributed by atoms with van der Waals surface area (Å²) in [5, 5.41) is 5.41. The molecule has 4 rings (SSSR count). The van der Waals surface area contributed by atoms with Crippen molar-refractivity contribution in [3.05, 3.63) is 94.8 Å². The first kappa shape index (κ1) is 29.0. The number of halogens is 3. The molecule has 2 N–H and O–H groups in total. The number of aromatic nitrogens is 1. The molecule has 0 bridgehead atoms. The first-order valence-corrected chi connectivity index (χ1v) is 12.9. The van der Waals surface area contributed by atoms with Crippen molar-refractivity contribution < 1.29 is 22.8 Å². The highest BCUT2D eigenvalue weighted by Crippen LogP contribution is 2.34. The predicted octanol–water partition coefficient (Wildman–Crippen LogP) is 5.45. The van der Waals surface area contributed by atoms with E-state index < -0.39 is 17.6 Å². The van der Waals surface area contributed by atoms with Gasteiger partial charge in [-0.05, 0) is 80.5 Å². The Labute approximate surface area is 231 Å². The molecule has 1 atom stereocenters. The minimum Gasteiger partial charge on any atom is -0.322 e. The monoisotopic (exact) mass is 551 g/mol. The van der Waals surface area contributed by atoms with Gasteiger partial charge in [0.25, 0.3) is 5.91 Å². The van der Waals surface area contributed by atoms with E-state index in [0.29, 0.717) is 30.5 Å². The van der Waals surface area contributed by atoms with Gasteiger partial charge in [-0.2, -0.15) is 13.2 Å². The van der Waals surface area contributed by atoms with Crippen LogP contribution in [-0.2, 0) is 17.5 Å². The third kappa shape index (κ3) is 7.55. The largest absolute Gasteiger partial charge is 0.416 e. The number of likely N-dealkylation sites (N-methyl/N-ethyl adjacent to an activating group) is 1. The zero-order chi connectivity index (χ0) is 28.9. The molecule has 2 heterocycles. The number of nitrogens with zero attached hydrogens (tertiary/aromatic N) is 3. The molecule has 1 aliphatic heterocycles. The number of benzene rings is 2. The Bertz CT molecular complexity index is 1390. The van der Waals surface area contributed by atoms with Gasteiger partial charge in [0, 0.05) is 61.1 Å². The summed E-state index contributed by atoms with van der Waals surface area (Å²) in [5.41, 5.74) is 1.54. The number of anilines is 2. The molecule has 2 aromatic carbocycles. The van der Waals surface area contributed by atoms with E-state index >= 15 is 0 Å². The predicted molar refractivity (Wildman–Crippen MR) is 150 cm³/mol. The van der Waals surface area contributed by atoms with Gasteiger partial charge in [0.2, 0.25) is 5.91 Å². The van der Waals surface area contributed by atoms with Crippen molar-refractivity contribution in [3.8, 4) is 0 Å². The molecule has 7 nitrogen and oxygen atoms in total.